The molecule has 1 unspecified atom stereocenters. The lowest BCUT2D eigenvalue weighted by atomic mass is 10.2. The third-order valence-corrected chi connectivity index (χ3v) is 2.34. The van der Waals surface area contributed by atoms with E-state index in [1.807, 2.05) is 0 Å². The van der Waals surface area contributed by atoms with E-state index in [1.165, 1.54) is 0 Å². The van der Waals surface area contributed by atoms with Crippen molar-refractivity contribution in [2.24, 2.45) is 0 Å². The van der Waals surface area contributed by atoms with Crippen LogP contribution >= 0.6 is 12.4 Å². The molecule has 0 aromatic carbocycles. The van der Waals surface area contributed by atoms with Crippen LogP contribution in [0.1, 0.15) is 30.4 Å². The first-order valence-corrected chi connectivity index (χ1v) is 4.71. The lowest BCUT2D eigenvalue weighted by molar-refractivity contribution is -0.141. The van der Waals surface area contributed by atoms with Crippen molar-refractivity contribution >= 4 is 12.4 Å². The lowest BCUT2D eigenvalue weighted by Gasteiger charge is -2.11. The Morgan fingerprint density at radius 3 is 2.69 bits per heavy atom. The van der Waals surface area contributed by atoms with E-state index in [1.54, 1.807) is 0 Å². The largest absolute Gasteiger partial charge is 0.433 e. The zero-order chi connectivity index (χ0) is 10.9. The van der Waals surface area contributed by atoms with Gasteiger partial charge in [-0.2, -0.15) is 13.2 Å². The van der Waals surface area contributed by atoms with Crippen molar-refractivity contribution in [2.75, 3.05) is 6.54 Å². The molecule has 1 fully saturated rings. The molecule has 1 aliphatic rings. The Balaban J connectivity index is 0.00000128. The number of hydrogen-bond acceptors (Lipinski definition) is 3. The minimum atomic E-state index is -4.39. The maximum absolute atomic E-state index is 12.3. The number of halogens is 4. The van der Waals surface area contributed by atoms with Gasteiger partial charge in [0.2, 0.25) is 0 Å². The highest BCUT2D eigenvalue weighted by Crippen LogP contribution is 2.28. The normalized spacial score (nSPS) is 20.6. The summed E-state index contributed by atoms with van der Waals surface area (Å²) in [7, 11) is 0. The summed E-state index contributed by atoms with van der Waals surface area (Å²) >= 11 is 0. The van der Waals surface area contributed by atoms with Gasteiger partial charge in [-0.25, -0.2) is 9.97 Å². The van der Waals surface area contributed by atoms with Gasteiger partial charge in [-0.15, -0.1) is 12.4 Å². The Labute approximate surface area is 96.9 Å². The second-order valence-electron chi connectivity index (χ2n) is 3.45. The molecule has 0 radical (unpaired) electrons. The number of rotatable bonds is 1. The molecule has 0 amide bonds. The fourth-order valence-corrected chi connectivity index (χ4v) is 1.60. The second-order valence-corrected chi connectivity index (χ2v) is 3.45. The van der Waals surface area contributed by atoms with E-state index in [-0.39, 0.29) is 24.3 Å². The van der Waals surface area contributed by atoms with Crippen LogP contribution in [0.15, 0.2) is 12.3 Å². The molecule has 16 heavy (non-hydrogen) atoms. The molecule has 0 saturated carbocycles. The van der Waals surface area contributed by atoms with E-state index in [0.29, 0.717) is 0 Å². The molecule has 2 heterocycles. The van der Waals surface area contributed by atoms with E-state index < -0.39 is 11.9 Å². The van der Waals surface area contributed by atoms with Crippen LogP contribution < -0.4 is 5.32 Å². The highest BCUT2D eigenvalue weighted by atomic mass is 35.5. The molecule has 1 aromatic heterocycles. The fourth-order valence-electron chi connectivity index (χ4n) is 1.60. The minimum Gasteiger partial charge on any atom is -0.307 e. The molecule has 1 aliphatic heterocycles. The van der Waals surface area contributed by atoms with Gasteiger partial charge in [0.05, 0.1) is 6.04 Å². The number of alkyl halides is 3. The van der Waals surface area contributed by atoms with E-state index in [2.05, 4.69) is 15.3 Å². The SMILES string of the molecule is Cl.FC(F)(F)c1ccnc(C2CCCN2)n1. The van der Waals surface area contributed by atoms with E-state index in [0.717, 1.165) is 31.6 Å². The number of nitrogens with zero attached hydrogens (tertiary/aromatic N) is 2. The van der Waals surface area contributed by atoms with Crippen molar-refractivity contribution in [3.05, 3.63) is 23.8 Å². The third-order valence-electron chi connectivity index (χ3n) is 2.34. The number of nitrogens with one attached hydrogen (secondary N) is 1. The Morgan fingerprint density at radius 1 is 1.38 bits per heavy atom. The topological polar surface area (TPSA) is 37.8 Å². The summed E-state index contributed by atoms with van der Waals surface area (Å²) in [6, 6.07) is 0.755. The fraction of sp³-hybridized carbons (Fsp3) is 0.556. The molecule has 1 N–H and O–H groups in total. The van der Waals surface area contributed by atoms with Crippen LogP contribution in [0.2, 0.25) is 0 Å². The van der Waals surface area contributed by atoms with Gasteiger partial charge >= 0.3 is 6.18 Å². The Hall–Kier alpha value is -0.880. The first-order valence-electron chi connectivity index (χ1n) is 4.71. The summed E-state index contributed by atoms with van der Waals surface area (Å²) in [5.41, 5.74) is -0.874. The molecule has 1 atom stereocenters. The first kappa shape index (κ1) is 13.2. The Kier molecular flexibility index (Phi) is 4.09. The second kappa shape index (κ2) is 4.97. The monoisotopic (exact) mass is 253 g/mol. The highest BCUT2D eigenvalue weighted by molar-refractivity contribution is 5.85. The van der Waals surface area contributed by atoms with Crippen LogP contribution in [0.3, 0.4) is 0 Å². The van der Waals surface area contributed by atoms with E-state index >= 15 is 0 Å². The summed E-state index contributed by atoms with van der Waals surface area (Å²) in [5, 5.41) is 3.06. The van der Waals surface area contributed by atoms with Gasteiger partial charge in [-0.1, -0.05) is 0 Å². The van der Waals surface area contributed by atoms with Gasteiger partial charge in [0.1, 0.15) is 11.5 Å². The molecule has 3 nitrogen and oxygen atoms in total. The van der Waals surface area contributed by atoms with Crippen LogP contribution in [0.4, 0.5) is 13.2 Å². The molecule has 7 heteroatoms. The van der Waals surface area contributed by atoms with Gasteiger partial charge < -0.3 is 5.32 Å². The molecule has 0 spiro atoms. The number of hydrogen-bond donors (Lipinski definition) is 1. The van der Waals surface area contributed by atoms with Crippen LogP contribution in [0.25, 0.3) is 0 Å². The molecular weight excluding hydrogens is 243 g/mol. The van der Waals surface area contributed by atoms with Gasteiger partial charge in [-0.3, -0.25) is 0 Å². The van der Waals surface area contributed by atoms with Crippen molar-refractivity contribution in [1.29, 1.82) is 0 Å². The van der Waals surface area contributed by atoms with Crippen molar-refractivity contribution in [3.8, 4) is 0 Å². The molecular formula is C9H11ClF3N3. The van der Waals surface area contributed by atoms with Gasteiger partial charge in [0, 0.05) is 6.20 Å². The van der Waals surface area contributed by atoms with E-state index in [4.69, 9.17) is 0 Å². The Bertz CT molecular complexity index is 350. The molecule has 0 aliphatic carbocycles. The predicted molar refractivity (Wildman–Crippen MR) is 54.3 cm³/mol. The molecule has 90 valence electrons. The average Bonchev–Trinajstić information content (AvgIpc) is 2.69. The standard InChI is InChI=1S/C9H10F3N3.ClH/c10-9(11,12)7-3-5-14-8(15-7)6-2-1-4-13-6;/h3,5-6,13H,1-2,4H2;1H. The summed E-state index contributed by atoms with van der Waals surface area (Å²) in [5.74, 6) is 0.238. The molecule has 0 bridgehead atoms. The van der Waals surface area contributed by atoms with Crippen LogP contribution in [-0.4, -0.2) is 16.5 Å². The van der Waals surface area contributed by atoms with Crippen LogP contribution in [0.5, 0.6) is 0 Å². The van der Waals surface area contributed by atoms with Crippen molar-refractivity contribution < 1.29 is 13.2 Å². The van der Waals surface area contributed by atoms with Gasteiger partial charge in [0.15, 0.2) is 0 Å². The molecule has 1 aromatic rings. The summed E-state index contributed by atoms with van der Waals surface area (Å²) in [6.45, 7) is 0.810. The third kappa shape index (κ3) is 2.82. The summed E-state index contributed by atoms with van der Waals surface area (Å²) < 4.78 is 37.0. The maximum atomic E-state index is 12.3. The van der Waals surface area contributed by atoms with Gasteiger partial charge in [0.25, 0.3) is 0 Å². The summed E-state index contributed by atoms with van der Waals surface area (Å²) in [6.07, 6.45) is -1.49. The zero-order valence-electron chi connectivity index (χ0n) is 8.29. The van der Waals surface area contributed by atoms with Crippen molar-refractivity contribution in [1.82, 2.24) is 15.3 Å². The minimum absolute atomic E-state index is 0. The van der Waals surface area contributed by atoms with Gasteiger partial charge in [-0.05, 0) is 25.5 Å². The lowest BCUT2D eigenvalue weighted by Crippen LogP contribution is -2.18. The summed E-state index contributed by atoms with van der Waals surface area (Å²) in [4.78, 5) is 7.39. The zero-order valence-corrected chi connectivity index (χ0v) is 9.11. The molecule has 1 saturated heterocycles. The number of aromatic nitrogens is 2. The molecule has 2 rings (SSSR count). The van der Waals surface area contributed by atoms with Crippen molar-refractivity contribution in [2.45, 2.75) is 25.1 Å². The van der Waals surface area contributed by atoms with E-state index in [9.17, 15) is 13.2 Å². The quantitative estimate of drug-likeness (QED) is 0.835. The Morgan fingerprint density at radius 2 is 2.12 bits per heavy atom. The smallest absolute Gasteiger partial charge is 0.307 e. The maximum Gasteiger partial charge on any atom is 0.433 e. The predicted octanol–water partition coefficient (Wildman–Crippen LogP) is 2.34. The van der Waals surface area contributed by atoms with Crippen LogP contribution in [0, 0.1) is 0 Å². The average molecular weight is 254 g/mol. The van der Waals surface area contributed by atoms with Crippen molar-refractivity contribution in [3.63, 3.8) is 0 Å². The first-order chi connectivity index (χ1) is 7.07. The highest BCUT2D eigenvalue weighted by Gasteiger charge is 2.33. The van der Waals surface area contributed by atoms with Crippen LogP contribution in [-0.2, 0) is 6.18 Å².